The SMILES string of the molecule is CCc1ccnc(OC)c1C#N. The number of methoxy groups -OCH3 is 1. The summed E-state index contributed by atoms with van der Waals surface area (Å²) in [5.74, 6) is 0.414. The van der Waals surface area contributed by atoms with Gasteiger partial charge in [-0.25, -0.2) is 4.98 Å². The fourth-order valence-electron chi connectivity index (χ4n) is 1.05. The molecule has 0 unspecified atom stereocenters. The smallest absolute Gasteiger partial charge is 0.231 e. The van der Waals surface area contributed by atoms with Gasteiger partial charge in [-0.3, -0.25) is 0 Å². The largest absolute Gasteiger partial charge is 0.480 e. The van der Waals surface area contributed by atoms with Gasteiger partial charge in [0.25, 0.3) is 0 Å². The fourth-order valence-corrected chi connectivity index (χ4v) is 1.05. The van der Waals surface area contributed by atoms with Gasteiger partial charge in [-0.05, 0) is 18.1 Å². The molecule has 1 aromatic rings. The molecule has 0 aliphatic rings. The molecule has 1 aromatic heterocycles. The van der Waals surface area contributed by atoms with Crippen LogP contribution in [0.25, 0.3) is 0 Å². The van der Waals surface area contributed by atoms with E-state index in [9.17, 15) is 0 Å². The van der Waals surface area contributed by atoms with Gasteiger partial charge in [0.15, 0.2) is 0 Å². The molecule has 12 heavy (non-hydrogen) atoms. The Labute approximate surface area is 71.6 Å². The molecule has 0 fully saturated rings. The summed E-state index contributed by atoms with van der Waals surface area (Å²) in [6, 6.07) is 3.91. The second-order valence-electron chi connectivity index (χ2n) is 2.32. The van der Waals surface area contributed by atoms with Crippen LogP contribution in [0, 0.1) is 11.3 Å². The van der Waals surface area contributed by atoms with Crippen molar-refractivity contribution in [3.63, 3.8) is 0 Å². The Morgan fingerprint density at radius 2 is 2.42 bits per heavy atom. The van der Waals surface area contributed by atoms with Crippen LogP contribution < -0.4 is 4.74 Å². The summed E-state index contributed by atoms with van der Waals surface area (Å²) in [6.07, 6.45) is 2.47. The zero-order valence-corrected chi connectivity index (χ0v) is 7.16. The van der Waals surface area contributed by atoms with Gasteiger partial charge in [-0.1, -0.05) is 6.92 Å². The van der Waals surface area contributed by atoms with Crippen LogP contribution in [0.4, 0.5) is 0 Å². The Morgan fingerprint density at radius 1 is 1.67 bits per heavy atom. The quantitative estimate of drug-likeness (QED) is 0.662. The minimum absolute atomic E-state index is 0.414. The molecule has 1 heterocycles. The van der Waals surface area contributed by atoms with Crippen LogP contribution in [0.15, 0.2) is 12.3 Å². The van der Waals surface area contributed by atoms with E-state index in [4.69, 9.17) is 10.00 Å². The first-order valence-corrected chi connectivity index (χ1v) is 3.75. The first-order chi connectivity index (χ1) is 5.83. The Morgan fingerprint density at radius 3 is 2.92 bits per heavy atom. The van der Waals surface area contributed by atoms with Gasteiger partial charge in [-0.2, -0.15) is 5.26 Å². The normalized spacial score (nSPS) is 9.08. The second-order valence-corrected chi connectivity index (χ2v) is 2.32. The molecule has 0 aliphatic carbocycles. The fraction of sp³-hybridized carbons (Fsp3) is 0.333. The van der Waals surface area contributed by atoms with E-state index in [1.807, 2.05) is 13.0 Å². The van der Waals surface area contributed by atoms with Gasteiger partial charge in [0, 0.05) is 6.20 Å². The van der Waals surface area contributed by atoms with Crippen molar-refractivity contribution in [2.24, 2.45) is 0 Å². The predicted octanol–water partition coefficient (Wildman–Crippen LogP) is 1.52. The van der Waals surface area contributed by atoms with Crippen LogP contribution >= 0.6 is 0 Å². The molecule has 3 nitrogen and oxygen atoms in total. The molecule has 0 saturated carbocycles. The molecule has 1 rings (SSSR count). The number of aromatic nitrogens is 1. The van der Waals surface area contributed by atoms with E-state index in [0.717, 1.165) is 12.0 Å². The van der Waals surface area contributed by atoms with Crippen LogP contribution in [-0.4, -0.2) is 12.1 Å². The van der Waals surface area contributed by atoms with E-state index in [2.05, 4.69) is 11.1 Å². The molecular formula is C9H10N2O. The molecule has 0 atom stereocenters. The Balaban J connectivity index is 3.25. The van der Waals surface area contributed by atoms with Gasteiger partial charge >= 0.3 is 0 Å². The molecule has 0 spiro atoms. The minimum Gasteiger partial charge on any atom is -0.480 e. The van der Waals surface area contributed by atoms with E-state index < -0.39 is 0 Å². The molecule has 0 aliphatic heterocycles. The highest BCUT2D eigenvalue weighted by Gasteiger charge is 2.06. The highest BCUT2D eigenvalue weighted by atomic mass is 16.5. The average molecular weight is 162 g/mol. The molecule has 0 radical (unpaired) electrons. The number of hydrogen-bond acceptors (Lipinski definition) is 3. The lowest BCUT2D eigenvalue weighted by Crippen LogP contribution is -1.95. The number of aryl methyl sites for hydroxylation is 1. The van der Waals surface area contributed by atoms with E-state index >= 15 is 0 Å². The number of hydrogen-bond donors (Lipinski definition) is 0. The number of rotatable bonds is 2. The third-order valence-corrected chi connectivity index (χ3v) is 1.69. The zero-order valence-electron chi connectivity index (χ0n) is 7.16. The average Bonchev–Trinajstić information content (AvgIpc) is 2.16. The van der Waals surface area contributed by atoms with Crippen molar-refractivity contribution in [1.82, 2.24) is 4.98 Å². The van der Waals surface area contributed by atoms with E-state index in [1.54, 1.807) is 6.20 Å². The summed E-state index contributed by atoms with van der Waals surface area (Å²) in [5, 5.41) is 8.79. The standard InChI is InChI=1S/C9H10N2O/c1-3-7-4-5-11-9(12-2)8(7)6-10/h4-5H,3H2,1-2H3. The highest BCUT2D eigenvalue weighted by molar-refractivity contribution is 5.44. The maximum absolute atomic E-state index is 8.79. The molecule has 3 heteroatoms. The van der Waals surface area contributed by atoms with Crippen molar-refractivity contribution in [3.8, 4) is 11.9 Å². The lowest BCUT2D eigenvalue weighted by atomic mass is 10.1. The first-order valence-electron chi connectivity index (χ1n) is 3.75. The first kappa shape index (κ1) is 8.54. The third kappa shape index (κ3) is 1.37. The van der Waals surface area contributed by atoms with Gasteiger partial charge in [0.1, 0.15) is 11.6 Å². The number of pyridine rings is 1. The van der Waals surface area contributed by atoms with Crippen LogP contribution in [0.1, 0.15) is 18.1 Å². The Bertz CT molecular complexity index is 293. The Hall–Kier alpha value is -1.56. The molecule has 0 N–H and O–H groups in total. The lowest BCUT2D eigenvalue weighted by Gasteiger charge is -2.03. The van der Waals surface area contributed by atoms with E-state index in [1.165, 1.54) is 7.11 Å². The van der Waals surface area contributed by atoms with Gasteiger partial charge in [-0.15, -0.1) is 0 Å². The van der Waals surface area contributed by atoms with Gasteiger partial charge in [0.2, 0.25) is 5.88 Å². The molecule has 0 bridgehead atoms. The molecule has 0 saturated heterocycles. The predicted molar refractivity (Wildman–Crippen MR) is 44.9 cm³/mol. The topological polar surface area (TPSA) is 45.9 Å². The van der Waals surface area contributed by atoms with Crippen LogP contribution in [0.2, 0.25) is 0 Å². The van der Waals surface area contributed by atoms with Crippen molar-refractivity contribution >= 4 is 0 Å². The summed E-state index contributed by atoms with van der Waals surface area (Å²) in [5.41, 5.74) is 1.52. The highest BCUT2D eigenvalue weighted by Crippen LogP contribution is 2.17. The minimum atomic E-state index is 0.414. The summed E-state index contributed by atoms with van der Waals surface area (Å²) < 4.78 is 4.95. The Kier molecular flexibility index (Phi) is 2.65. The van der Waals surface area contributed by atoms with Crippen molar-refractivity contribution in [1.29, 1.82) is 5.26 Å². The molecular weight excluding hydrogens is 152 g/mol. The maximum Gasteiger partial charge on any atom is 0.231 e. The number of nitrogens with zero attached hydrogens (tertiary/aromatic N) is 2. The van der Waals surface area contributed by atoms with Crippen molar-refractivity contribution in [2.75, 3.05) is 7.11 Å². The monoisotopic (exact) mass is 162 g/mol. The summed E-state index contributed by atoms with van der Waals surface area (Å²) >= 11 is 0. The zero-order chi connectivity index (χ0) is 8.97. The van der Waals surface area contributed by atoms with Crippen LogP contribution in [-0.2, 0) is 6.42 Å². The van der Waals surface area contributed by atoms with Crippen molar-refractivity contribution in [2.45, 2.75) is 13.3 Å². The number of ether oxygens (including phenoxy) is 1. The second kappa shape index (κ2) is 3.72. The molecule has 62 valence electrons. The maximum atomic E-state index is 8.79. The van der Waals surface area contributed by atoms with Gasteiger partial charge in [0.05, 0.1) is 7.11 Å². The van der Waals surface area contributed by atoms with Gasteiger partial charge < -0.3 is 4.74 Å². The molecule has 0 aromatic carbocycles. The van der Waals surface area contributed by atoms with Crippen LogP contribution in [0.5, 0.6) is 5.88 Å². The summed E-state index contributed by atoms with van der Waals surface area (Å²) in [4.78, 5) is 3.93. The summed E-state index contributed by atoms with van der Waals surface area (Å²) in [7, 11) is 1.52. The van der Waals surface area contributed by atoms with E-state index in [0.29, 0.717) is 11.4 Å². The number of nitriles is 1. The molecule has 0 amide bonds. The third-order valence-electron chi connectivity index (χ3n) is 1.69. The van der Waals surface area contributed by atoms with Crippen molar-refractivity contribution < 1.29 is 4.74 Å². The summed E-state index contributed by atoms with van der Waals surface area (Å²) in [6.45, 7) is 2.00. The van der Waals surface area contributed by atoms with Crippen LogP contribution in [0.3, 0.4) is 0 Å². The lowest BCUT2D eigenvalue weighted by molar-refractivity contribution is 0.396. The van der Waals surface area contributed by atoms with Crippen molar-refractivity contribution in [3.05, 3.63) is 23.4 Å². The van der Waals surface area contributed by atoms with E-state index in [-0.39, 0.29) is 0 Å².